The van der Waals surface area contributed by atoms with Crippen molar-refractivity contribution in [2.45, 2.75) is 38.6 Å². The SMILES string of the molecule is CCN(C)SNc1ccc(F)c(Oc2ccc3ncn(C4CC5(CCNCC5)C4)c(=O)c3c2)c1C#N.[B]S. The Kier molecular flexibility index (Phi) is 9.25. The van der Waals surface area contributed by atoms with E-state index in [0.717, 1.165) is 45.3 Å². The van der Waals surface area contributed by atoms with Crippen molar-refractivity contribution in [3.05, 3.63) is 58.4 Å². The van der Waals surface area contributed by atoms with Gasteiger partial charge in [0.25, 0.3) is 5.56 Å². The Balaban J connectivity index is 0.00000164. The highest BCUT2D eigenvalue weighted by Gasteiger charge is 2.45. The number of piperidine rings is 1. The molecule has 2 fully saturated rings. The second-order valence-electron chi connectivity index (χ2n) is 9.60. The first-order valence-electron chi connectivity index (χ1n) is 12.4. The molecule has 2 N–H and O–H groups in total. The number of rotatable bonds is 7. The van der Waals surface area contributed by atoms with Crippen LogP contribution in [0.4, 0.5) is 10.1 Å². The summed E-state index contributed by atoms with van der Waals surface area (Å²) in [6.07, 6.45) is 5.90. The molecule has 8 nitrogen and oxygen atoms in total. The van der Waals surface area contributed by atoms with Gasteiger partial charge in [0.05, 0.1) is 22.9 Å². The van der Waals surface area contributed by atoms with E-state index in [1.165, 1.54) is 24.3 Å². The monoisotopic (exact) mass is 552 g/mol. The zero-order chi connectivity index (χ0) is 27.3. The second-order valence-corrected chi connectivity index (χ2v) is 10.6. The minimum absolute atomic E-state index is 0.0532. The molecule has 0 bridgehead atoms. The van der Waals surface area contributed by atoms with Gasteiger partial charge in [-0.2, -0.15) is 5.26 Å². The van der Waals surface area contributed by atoms with Gasteiger partial charge in [-0.1, -0.05) is 6.92 Å². The third kappa shape index (κ3) is 5.81. The first-order chi connectivity index (χ1) is 18.4. The van der Waals surface area contributed by atoms with E-state index < -0.39 is 5.82 Å². The molecule has 12 heteroatoms. The topological polar surface area (TPSA) is 95.2 Å². The van der Waals surface area contributed by atoms with Gasteiger partial charge in [0.2, 0.25) is 0 Å². The molecule has 2 aliphatic rings. The van der Waals surface area contributed by atoms with E-state index in [2.05, 4.69) is 34.6 Å². The third-order valence-electron chi connectivity index (χ3n) is 7.35. The lowest BCUT2D eigenvalue weighted by molar-refractivity contribution is 0.0270. The summed E-state index contributed by atoms with van der Waals surface area (Å²) in [7, 11) is 6.09. The highest BCUT2D eigenvalue weighted by Crippen LogP contribution is 2.53. The number of ether oxygens (including phenoxy) is 1. The van der Waals surface area contributed by atoms with E-state index >= 15 is 0 Å². The van der Waals surface area contributed by atoms with Crippen LogP contribution >= 0.6 is 24.6 Å². The molecule has 1 spiro atoms. The lowest BCUT2D eigenvalue weighted by Gasteiger charge is -2.50. The zero-order valence-electron chi connectivity index (χ0n) is 21.4. The highest BCUT2D eigenvalue weighted by molar-refractivity contribution is 8.03. The molecule has 2 aromatic carbocycles. The number of fused-ring (bicyclic) bond motifs is 1. The van der Waals surface area contributed by atoms with Crippen molar-refractivity contribution < 1.29 is 9.13 Å². The van der Waals surface area contributed by atoms with Crippen LogP contribution in [0, 0.1) is 22.6 Å². The molecule has 3 aromatic rings. The van der Waals surface area contributed by atoms with E-state index in [1.54, 1.807) is 29.1 Å². The van der Waals surface area contributed by atoms with Crippen molar-refractivity contribution in [2.75, 3.05) is 31.4 Å². The third-order valence-corrected chi connectivity index (χ3v) is 8.23. The van der Waals surface area contributed by atoms with E-state index in [-0.39, 0.29) is 28.7 Å². The Morgan fingerprint density at radius 2 is 2.08 bits per heavy atom. The molecule has 5 rings (SSSR count). The smallest absolute Gasteiger partial charge is 0.261 e. The number of nitrogens with one attached hydrogen (secondary N) is 2. The molecule has 1 aliphatic carbocycles. The Bertz CT molecular complexity index is 1380. The van der Waals surface area contributed by atoms with Gasteiger partial charge in [-0.15, -0.1) is 0 Å². The Hall–Kier alpha value is -2.72. The second kappa shape index (κ2) is 12.4. The Morgan fingerprint density at radius 1 is 1.34 bits per heavy atom. The molecular formula is C26H30BFN6O2S2. The highest BCUT2D eigenvalue weighted by atomic mass is 32.2. The van der Waals surface area contributed by atoms with Crippen LogP contribution in [0.3, 0.4) is 0 Å². The molecule has 1 aliphatic heterocycles. The molecule has 0 atom stereocenters. The van der Waals surface area contributed by atoms with Gasteiger partial charge in [0.1, 0.15) is 17.4 Å². The maximum Gasteiger partial charge on any atom is 0.261 e. The lowest BCUT2D eigenvalue weighted by Crippen LogP contribution is -2.47. The predicted molar refractivity (Wildman–Crippen MR) is 154 cm³/mol. The molecule has 1 saturated heterocycles. The van der Waals surface area contributed by atoms with Gasteiger partial charge < -0.3 is 14.8 Å². The number of thiol groups is 1. The summed E-state index contributed by atoms with van der Waals surface area (Å²) in [6.45, 7) is 4.85. The van der Waals surface area contributed by atoms with Crippen LogP contribution in [0.5, 0.6) is 11.5 Å². The zero-order valence-corrected chi connectivity index (χ0v) is 23.1. The van der Waals surface area contributed by atoms with Crippen molar-refractivity contribution in [3.63, 3.8) is 0 Å². The number of nitriles is 1. The first kappa shape index (κ1) is 28.3. The summed E-state index contributed by atoms with van der Waals surface area (Å²) < 4.78 is 27.3. The summed E-state index contributed by atoms with van der Waals surface area (Å²) in [5.41, 5.74) is 1.26. The number of hydrogen-bond acceptors (Lipinski definition) is 9. The van der Waals surface area contributed by atoms with Crippen LogP contribution in [-0.4, -0.2) is 47.7 Å². The number of nitrogens with zero attached hydrogens (tertiary/aromatic N) is 4. The molecule has 198 valence electrons. The molecule has 38 heavy (non-hydrogen) atoms. The van der Waals surface area contributed by atoms with Crippen LogP contribution in [0.1, 0.15) is 44.2 Å². The molecular weight excluding hydrogens is 522 g/mol. The van der Waals surface area contributed by atoms with Crippen LogP contribution in [0.2, 0.25) is 0 Å². The van der Waals surface area contributed by atoms with E-state index in [4.69, 9.17) is 4.74 Å². The van der Waals surface area contributed by atoms with Crippen molar-refractivity contribution in [1.29, 1.82) is 5.26 Å². The average Bonchev–Trinajstić information content (AvgIpc) is 2.94. The predicted octanol–water partition coefficient (Wildman–Crippen LogP) is 4.83. The van der Waals surface area contributed by atoms with Gasteiger partial charge in [0, 0.05) is 24.7 Å². The van der Waals surface area contributed by atoms with Crippen molar-refractivity contribution in [1.82, 2.24) is 19.2 Å². The first-order valence-corrected chi connectivity index (χ1v) is 13.7. The van der Waals surface area contributed by atoms with Crippen LogP contribution in [0.15, 0.2) is 41.5 Å². The van der Waals surface area contributed by atoms with Crippen LogP contribution in [-0.2, 0) is 0 Å². The van der Waals surface area contributed by atoms with Gasteiger partial charge >= 0.3 is 0 Å². The Morgan fingerprint density at radius 3 is 2.76 bits per heavy atom. The molecule has 2 radical (unpaired) electrons. The molecule has 0 unspecified atom stereocenters. The van der Waals surface area contributed by atoms with Crippen molar-refractivity contribution >= 4 is 48.3 Å². The van der Waals surface area contributed by atoms with Crippen LogP contribution < -0.4 is 20.3 Å². The number of halogens is 1. The summed E-state index contributed by atoms with van der Waals surface area (Å²) >= 11 is 4.33. The maximum absolute atomic E-state index is 14.8. The fraction of sp³-hybridized carbons (Fsp3) is 0.423. The normalized spacial score (nSPS) is 16.4. The quantitative estimate of drug-likeness (QED) is 0.218. The van der Waals surface area contributed by atoms with E-state index in [9.17, 15) is 14.4 Å². The Labute approximate surface area is 232 Å². The van der Waals surface area contributed by atoms with E-state index in [1.807, 2.05) is 24.3 Å². The average molecular weight is 553 g/mol. The van der Waals surface area contributed by atoms with Gasteiger partial charge in [-0.25, -0.2) is 26.2 Å². The number of anilines is 1. The standard InChI is InChI=1S/C26H29FN6O2S.BHS/c1-3-32(2)36-31-23-7-5-21(27)24(20(23)15-28)35-18-4-6-22-19(12-18)25(34)33(16-30-22)17-13-26(14-17)8-10-29-11-9-26;1-2/h4-7,12,16-17,29,31H,3,8-11,13-14H2,1-2H3;2H. The summed E-state index contributed by atoms with van der Waals surface area (Å²) in [4.78, 5) is 17.9. The van der Waals surface area contributed by atoms with Gasteiger partial charge in [-0.05, 0) is 81.6 Å². The van der Waals surface area contributed by atoms with Crippen molar-refractivity contribution in [2.24, 2.45) is 5.41 Å². The fourth-order valence-electron chi connectivity index (χ4n) is 5.10. The summed E-state index contributed by atoms with van der Waals surface area (Å²) in [5.74, 6) is -0.567. The van der Waals surface area contributed by atoms with Crippen LogP contribution in [0.25, 0.3) is 10.9 Å². The number of hydrogen-bond donors (Lipinski definition) is 3. The largest absolute Gasteiger partial charge is 0.453 e. The number of aromatic nitrogens is 2. The molecule has 1 saturated carbocycles. The number of benzene rings is 2. The summed E-state index contributed by atoms with van der Waals surface area (Å²) in [5, 5.41) is 13.6. The molecule has 2 heterocycles. The fourth-order valence-corrected chi connectivity index (χ4v) is 5.66. The molecule has 1 aromatic heterocycles. The maximum atomic E-state index is 14.8. The van der Waals surface area contributed by atoms with E-state index in [0.29, 0.717) is 22.0 Å². The van der Waals surface area contributed by atoms with Gasteiger partial charge in [-0.3, -0.25) is 9.36 Å². The molecule has 0 amide bonds. The summed E-state index contributed by atoms with van der Waals surface area (Å²) in [6, 6.07) is 9.85. The minimum Gasteiger partial charge on any atom is -0.453 e. The van der Waals surface area contributed by atoms with Crippen molar-refractivity contribution in [3.8, 4) is 17.6 Å². The minimum atomic E-state index is -0.656. The lowest BCUT2D eigenvalue weighted by atomic mass is 9.60. The van der Waals surface area contributed by atoms with Gasteiger partial charge in [0.15, 0.2) is 18.7 Å².